The van der Waals surface area contributed by atoms with E-state index in [9.17, 15) is 20.1 Å². The van der Waals surface area contributed by atoms with Crippen LogP contribution in [0.5, 0.6) is 0 Å². The Labute approximate surface area is 142 Å². The lowest BCUT2D eigenvalue weighted by molar-refractivity contribution is -0.111. The van der Waals surface area contributed by atoms with Crippen molar-refractivity contribution in [1.82, 2.24) is 9.55 Å². The zero-order valence-corrected chi connectivity index (χ0v) is 13.4. The van der Waals surface area contributed by atoms with Crippen LogP contribution >= 0.6 is 0 Å². The molecular weight excluding hydrogens is 328 g/mol. The summed E-state index contributed by atoms with van der Waals surface area (Å²) in [6, 6.07) is 1.65. The molecule has 4 heterocycles. The standard InChI is InChI=1S/C16H18N4O5/c1-16(24)13(23)10(6-21)25-15(16)20-5-7-8(17)4-11(22)19-9-2-3-18-14(20)12(7)9/h2-5,10,13,15,21,23-24H,6,17H2,1H3,(H,19,22)/t10-,13-,15-,16?/m1/s1. The van der Waals surface area contributed by atoms with Gasteiger partial charge in [0.05, 0.1) is 17.7 Å². The number of aliphatic hydroxyl groups excluding tert-OH is 2. The van der Waals surface area contributed by atoms with E-state index in [0.29, 0.717) is 22.3 Å². The molecule has 0 saturated carbocycles. The largest absolute Gasteiger partial charge is 0.398 e. The van der Waals surface area contributed by atoms with Gasteiger partial charge in [0, 0.05) is 29.7 Å². The van der Waals surface area contributed by atoms with Gasteiger partial charge in [-0.15, -0.1) is 0 Å². The summed E-state index contributed by atoms with van der Waals surface area (Å²) in [5, 5.41) is 33.6. The number of hydrogen-bond donors (Lipinski definition) is 5. The van der Waals surface area contributed by atoms with Gasteiger partial charge in [-0.1, -0.05) is 0 Å². The van der Waals surface area contributed by atoms with Crippen LogP contribution in [-0.2, 0) is 9.53 Å². The van der Waals surface area contributed by atoms with E-state index < -0.39 is 30.6 Å². The molecule has 4 rings (SSSR count). The number of aliphatic hydroxyl groups is 3. The number of rotatable bonds is 2. The topological polar surface area (TPSA) is 143 Å². The predicted octanol–water partition coefficient (Wildman–Crippen LogP) is -0.710. The molecule has 4 atom stereocenters. The van der Waals surface area contributed by atoms with Crippen molar-refractivity contribution in [3.63, 3.8) is 0 Å². The summed E-state index contributed by atoms with van der Waals surface area (Å²) in [5.41, 5.74) is 6.16. The second kappa shape index (κ2) is 5.27. The maximum Gasteiger partial charge on any atom is 0.250 e. The number of aromatic nitrogens is 2. The van der Waals surface area contributed by atoms with Gasteiger partial charge in [0.1, 0.15) is 23.5 Å². The molecule has 2 aromatic heterocycles. The van der Waals surface area contributed by atoms with Gasteiger partial charge in [-0.05, 0) is 13.0 Å². The molecule has 0 aliphatic carbocycles. The summed E-state index contributed by atoms with van der Waals surface area (Å²) in [6.07, 6.45) is 1.23. The fourth-order valence-electron chi connectivity index (χ4n) is 3.46. The molecule has 2 aliphatic rings. The molecule has 1 unspecified atom stereocenters. The minimum atomic E-state index is -1.65. The quantitative estimate of drug-likeness (QED) is 0.483. The molecule has 25 heavy (non-hydrogen) atoms. The number of anilines is 1. The summed E-state index contributed by atoms with van der Waals surface area (Å²) < 4.78 is 7.22. The fraction of sp³-hybridized carbons (Fsp3) is 0.375. The Kier molecular flexibility index (Phi) is 3.38. The van der Waals surface area contributed by atoms with E-state index in [0.717, 1.165) is 0 Å². The molecule has 0 radical (unpaired) electrons. The molecule has 9 nitrogen and oxygen atoms in total. The Bertz CT molecular complexity index is 903. The van der Waals surface area contributed by atoms with Gasteiger partial charge >= 0.3 is 0 Å². The first-order valence-electron chi connectivity index (χ1n) is 7.79. The van der Waals surface area contributed by atoms with Crippen molar-refractivity contribution in [3.05, 3.63) is 30.1 Å². The van der Waals surface area contributed by atoms with Crippen molar-refractivity contribution in [2.24, 2.45) is 5.73 Å². The highest BCUT2D eigenvalue weighted by atomic mass is 16.6. The first-order valence-corrected chi connectivity index (χ1v) is 7.79. The lowest BCUT2D eigenvalue weighted by atomic mass is 9.96. The Morgan fingerprint density at radius 3 is 2.96 bits per heavy atom. The zero-order valence-electron chi connectivity index (χ0n) is 13.4. The normalized spacial score (nSPS) is 31.8. The molecular formula is C16H18N4O5. The Morgan fingerprint density at radius 1 is 1.52 bits per heavy atom. The summed E-state index contributed by atoms with van der Waals surface area (Å²) >= 11 is 0. The van der Waals surface area contributed by atoms with Gasteiger partial charge in [0.25, 0.3) is 0 Å². The van der Waals surface area contributed by atoms with Crippen molar-refractivity contribution >= 4 is 28.3 Å². The minimum absolute atomic E-state index is 0.255. The molecule has 6 N–H and O–H groups in total. The number of nitrogens with two attached hydrogens (primary N) is 1. The molecule has 9 heteroatoms. The predicted molar refractivity (Wildman–Crippen MR) is 88.2 cm³/mol. The third-order valence-corrected chi connectivity index (χ3v) is 4.76. The summed E-state index contributed by atoms with van der Waals surface area (Å²) in [4.78, 5) is 16.2. The third kappa shape index (κ3) is 2.17. The molecule has 1 fully saturated rings. The van der Waals surface area contributed by atoms with Gasteiger partial charge in [0.2, 0.25) is 5.91 Å². The maximum absolute atomic E-state index is 11.8. The molecule has 132 valence electrons. The first-order chi connectivity index (χ1) is 11.8. The van der Waals surface area contributed by atoms with Crippen LogP contribution in [0.25, 0.3) is 16.7 Å². The Hall–Kier alpha value is -2.46. The van der Waals surface area contributed by atoms with E-state index in [2.05, 4.69) is 10.3 Å². The average Bonchev–Trinajstić information content (AvgIpc) is 3.00. The minimum Gasteiger partial charge on any atom is -0.398 e. The van der Waals surface area contributed by atoms with Crippen LogP contribution in [0.15, 0.2) is 24.5 Å². The maximum atomic E-state index is 11.8. The van der Waals surface area contributed by atoms with Gasteiger partial charge in [-0.25, -0.2) is 4.98 Å². The molecule has 2 aliphatic heterocycles. The second-order valence-corrected chi connectivity index (χ2v) is 6.48. The van der Waals surface area contributed by atoms with Gasteiger partial charge in [0.15, 0.2) is 6.23 Å². The number of nitrogens with one attached hydrogen (secondary N) is 1. The number of amides is 1. The lowest BCUT2D eigenvalue weighted by Gasteiger charge is -2.27. The van der Waals surface area contributed by atoms with Crippen LogP contribution in [0.1, 0.15) is 18.7 Å². The number of nitrogens with zero attached hydrogens (tertiary/aromatic N) is 2. The van der Waals surface area contributed by atoms with Gasteiger partial charge < -0.3 is 35.7 Å². The summed E-state index contributed by atoms with van der Waals surface area (Å²) in [5.74, 6) is -0.340. The van der Waals surface area contributed by atoms with E-state index in [1.807, 2.05) is 0 Å². The Morgan fingerprint density at radius 2 is 2.28 bits per heavy atom. The third-order valence-electron chi connectivity index (χ3n) is 4.76. The summed E-state index contributed by atoms with van der Waals surface area (Å²) in [7, 11) is 0. The van der Waals surface area contributed by atoms with Crippen molar-refractivity contribution in [2.45, 2.75) is 31.0 Å². The number of ether oxygens (including phenoxy) is 1. The second-order valence-electron chi connectivity index (χ2n) is 6.48. The van der Waals surface area contributed by atoms with Crippen LogP contribution in [0, 0.1) is 0 Å². The van der Waals surface area contributed by atoms with Crippen LogP contribution < -0.4 is 11.1 Å². The van der Waals surface area contributed by atoms with E-state index >= 15 is 0 Å². The zero-order chi connectivity index (χ0) is 17.9. The first kappa shape index (κ1) is 16.0. The van der Waals surface area contributed by atoms with Crippen molar-refractivity contribution in [3.8, 4) is 0 Å². The lowest BCUT2D eigenvalue weighted by Crippen LogP contribution is -2.44. The molecule has 0 spiro atoms. The van der Waals surface area contributed by atoms with Crippen molar-refractivity contribution in [2.75, 3.05) is 11.9 Å². The van der Waals surface area contributed by atoms with E-state index in [4.69, 9.17) is 10.5 Å². The highest BCUT2D eigenvalue weighted by molar-refractivity contribution is 6.14. The van der Waals surface area contributed by atoms with Gasteiger partial charge in [-0.2, -0.15) is 0 Å². The number of pyridine rings is 1. The molecule has 1 saturated heterocycles. The molecule has 0 aromatic carbocycles. The Balaban J connectivity index is 1.94. The number of carbonyl (C=O) groups is 1. The number of hydrogen-bond acceptors (Lipinski definition) is 7. The molecule has 0 bridgehead atoms. The highest BCUT2D eigenvalue weighted by Gasteiger charge is 2.53. The molecule has 1 amide bonds. The van der Waals surface area contributed by atoms with Crippen molar-refractivity contribution in [1.29, 1.82) is 0 Å². The van der Waals surface area contributed by atoms with Crippen LogP contribution in [0.4, 0.5) is 5.69 Å². The number of carbonyl (C=O) groups excluding carboxylic acids is 1. The van der Waals surface area contributed by atoms with E-state index in [1.54, 1.807) is 16.8 Å². The van der Waals surface area contributed by atoms with Crippen LogP contribution in [0.2, 0.25) is 0 Å². The average molecular weight is 346 g/mol. The van der Waals surface area contributed by atoms with Crippen LogP contribution in [-0.4, -0.2) is 55.2 Å². The molecule has 2 aromatic rings. The summed E-state index contributed by atoms with van der Waals surface area (Å²) in [6.45, 7) is 0.997. The van der Waals surface area contributed by atoms with Crippen molar-refractivity contribution < 1.29 is 24.9 Å². The monoisotopic (exact) mass is 346 g/mol. The van der Waals surface area contributed by atoms with E-state index in [-0.39, 0.29) is 11.6 Å². The van der Waals surface area contributed by atoms with E-state index in [1.165, 1.54) is 19.2 Å². The fourth-order valence-corrected chi connectivity index (χ4v) is 3.46. The van der Waals surface area contributed by atoms with Crippen LogP contribution in [0.3, 0.4) is 0 Å². The van der Waals surface area contributed by atoms with Gasteiger partial charge in [-0.3, -0.25) is 4.79 Å². The SMILES string of the molecule is CC1(O)[C@H](O)[C@@H](CO)O[C@H]1n1cc2c3c(ccnc31)NC(=O)C=C2N. The highest BCUT2D eigenvalue weighted by Crippen LogP contribution is 2.42. The smallest absolute Gasteiger partial charge is 0.250 e.